The smallest absolute Gasteiger partial charge is 0.336 e. The van der Waals surface area contributed by atoms with E-state index in [0.29, 0.717) is 30.4 Å². The Balaban J connectivity index is 1.54. The van der Waals surface area contributed by atoms with Gasteiger partial charge >= 0.3 is 12.2 Å². The van der Waals surface area contributed by atoms with E-state index < -0.39 is 17.8 Å². The van der Waals surface area contributed by atoms with E-state index >= 15 is 0 Å². The molecule has 0 saturated carbocycles. The quantitative estimate of drug-likeness (QED) is 0.523. The molecule has 4 rings (SSSR count). The van der Waals surface area contributed by atoms with E-state index in [1.165, 1.54) is 41.6 Å². The number of rotatable bonds is 5. The Hall–Kier alpha value is -4.22. The molecule has 1 aliphatic heterocycles. The second-order valence-electron chi connectivity index (χ2n) is 6.71. The van der Waals surface area contributed by atoms with Gasteiger partial charge in [0.1, 0.15) is 5.82 Å². The fraction of sp³-hybridized carbons (Fsp3) is 0.150. The largest absolute Gasteiger partial charge is 0.433 e. The number of amides is 3. The summed E-state index contributed by atoms with van der Waals surface area (Å²) in [7, 11) is 0. The molecule has 0 bridgehead atoms. The number of carbonyl (C=O) groups excluding carboxylic acids is 2. The normalized spacial score (nSPS) is 13.6. The van der Waals surface area contributed by atoms with Crippen LogP contribution in [0.1, 0.15) is 16.1 Å². The van der Waals surface area contributed by atoms with Gasteiger partial charge in [-0.15, -0.1) is 0 Å². The molecule has 9 nitrogen and oxygen atoms in total. The van der Waals surface area contributed by atoms with Crippen molar-refractivity contribution in [1.82, 2.24) is 25.7 Å². The first-order valence-electron chi connectivity index (χ1n) is 9.40. The molecule has 3 aromatic rings. The Kier molecular flexibility index (Phi) is 5.58. The monoisotopic (exact) mass is 443 g/mol. The molecule has 1 aromatic carbocycles. The van der Waals surface area contributed by atoms with Crippen molar-refractivity contribution in [2.45, 2.75) is 6.18 Å². The highest BCUT2D eigenvalue weighted by atomic mass is 19.4. The highest BCUT2D eigenvalue weighted by molar-refractivity contribution is 5.98. The van der Waals surface area contributed by atoms with Gasteiger partial charge in [0.25, 0.3) is 5.91 Å². The summed E-state index contributed by atoms with van der Waals surface area (Å²) in [5.41, 5.74) is 4.62. The maximum Gasteiger partial charge on any atom is 0.433 e. The molecule has 1 fully saturated rings. The maximum absolute atomic E-state index is 13.3. The Morgan fingerprint density at radius 3 is 2.56 bits per heavy atom. The zero-order valence-electron chi connectivity index (χ0n) is 16.3. The van der Waals surface area contributed by atoms with Crippen molar-refractivity contribution in [3.63, 3.8) is 0 Å². The van der Waals surface area contributed by atoms with Crippen LogP contribution >= 0.6 is 0 Å². The molecule has 0 unspecified atom stereocenters. The molecule has 0 spiro atoms. The number of hydrogen-bond donors (Lipinski definition) is 3. The van der Waals surface area contributed by atoms with Crippen molar-refractivity contribution in [3.05, 3.63) is 66.1 Å². The molecule has 32 heavy (non-hydrogen) atoms. The molecule has 2 aromatic heterocycles. The lowest BCUT2D eigenvalue weighted by Crippen LogP contribution is -2.31. The van der Waals surface area contributed by atoms with Crippen LogP contribution in [0.2, 0.25) is 0 Å². The van der Waals surface area contributed by atoms with Crippen molar-refractivity contribution in [2.75, 3.05) is 23.4 Å². The number of nitrogens with one attached hydrogen (secondary N) is 3. The topological polar surface area (TPSA) is 112 Å². The van der Waals surface area contributed by atoms with Crippen LogP contribution in [0.3, 0.4) is 0 Å². The van der Waals surface area contributed by atoms with Crippen LogP contribution in [0.15, 0.2) is 54.9 Å². The third kappa shape index (κ3) is 4.58. The summed E-state index contributed by atoms with van der Waals surface area (Å²) >= 11 is 0. The van der Waals surface area contributed by atoms with Gasteiger partial charge in [0, 0.05) is 48.4 Å². The van der Waals surface area contributed by atoms with E-state index in [2.05, 4.69) is 31.1 Å². The molecule has 1 aliphatic rings. The zero-order chi connectivity index (χ0) is 22.7. The molecule has 0 aliphatic carbocycles. The van der Waals surface area contributed by atoms with Gasteiger partial charge in [0.15, 0.2) is 11.5 Å². The van der Waals surface area contributed by atoms with E-state index in [9.17, 15) is 22.8 Å². The number of pyridine rings is 1. The molecule has 12 heteroatoms. The third-order valence-electron chi connectivity index (χ3n) is 4.54. The van der Waals surface area contributed by atoms with Crippen molar-refractivity contribution < 1.29 is 22.8 Å². The van der Waals surface area contributed by atoms with Crippen LogP contribution < -0.4 is 21.1 Å². The molecule has 164 valence electrons. The highest BCUT2D eigenvalue weighted by Crippen LogP contribution is 2.30. The predicted molar refractivity (Wildman–Crippen MR) is 109 cm³/mol. The van der Waals surface area contributed by atoms with Crippen LogP contribution in [0.4, 0.5) is 29.5 Å². The number of urea groups is 1. The number of nitrogens with zero attached hydrogens (tertiary/aromatic N) is 4. The summed E-state index contributed by atoms with van der Waals surface area (Å²) in [6.45, 7) is 0.951. The van der Waals surface area contributed by atoms with Crippen LogP contribution in [-0.2, 0) is 6.18 Å². The Bertz CT molecular complexity index is 1160. The maximum atomic E-state index is 13.3. The van der Waals surface area contributed by atoms with E-state index in [-0.39, 0.29) is 23.2 Å². The summed E-state index contributed by atoms with van der Waals surface area (Å²) in [5.74, 6) is -1.05. The second kappa shape index (κ2) is 8.49. The molecule has 1 saturated heterocycles. The number of anilines is 2. The van der Waals surface area contributed by atoms with Crippen LogP contribution in [0.25, 0.3) is 11.4 Å². The lowest BCUT2D eigenvalue weighted by molar-refractivity contribution is -0.141. The van der Waals surface area contributed by atoms with Gasteiger partial charge in [-0.3, -0.25) is 25.5 Å². The van der Waals surface area contributed by atoms with Gasteiger partial charge in [0.05, 0.1) is 0 Å². The first kappa shape index (κ1) is 21.0. The minimum Gasteiger partial charge on any atom is -0.336 e. The average molecular weight is 443 g/mol. The fourth-order valence-corrected chi connectivity index (χ4v) is 3.01. The summed E-state index contributed by atoms with van der Waals surface area (Å²) in [4.78, 5) is 37.3. The minimum absolute atomic E-state index is 0.180. The lowest BCUT2D eigenvalue weighted by atomic mass is 10.2. The molecule has 0 radical (unpaired) electrons. The molecule has 3 N–H and O–H groups in total. The van der Waals surface area contributed by atoms with E-state index in [0.717, 1.165) is 0 Å². The van der Waals surface area contributed by atoms with E-state index in [4.69, 9.17) is 0 Å². The SMILES string of the molecule is O=C(NNc1cc(C(F)(F)F)nc(-c2ccncc2)n1)c1cccc(N2CCNC2=O)c1. The van der Waals surface area contributed by atoms with Crippen molar-refractivity contribution in [1.29, 1.82) is 0 Å². The summed E-state index contributed by atoms with van der Waals surface area (Å²) in [6, 6.07) is 9.65. The molecule has 0 atom stereocenters. The van der Waals surface area contributed by atoms with Crippen molar-refractivity contribution in [3.8, 4) is 11.4 Å². The number of hydrazine groups is 1. The van der Waals surface area contributed by atoms with Crippen LogP contribution in [0.5, 0.6) is 0 Å². The number of hydrogen-bond acceptors (Lipinski definition) is 6. The summed E-state index contributed by atoms with van der Waals surface area (Å²) in [5, 5.41) is 2.66. The number of halogens is 3. The fourth-order valence-electron chi connectivity index (χ4n) is 3.01. The van der Waals surface area contributed by atoms with Gasteiger partial charge in [-0.25, -0.2) is 14.8 Å². The molecule has 3 amide bonds. The lowest BCUT2D eigenvalue weighted by Gasteiger charge is -2.15. The second-order valence-corrected chi connectivity index (χ2v) is 6.71. The Labute approximate surface area is 179 Å². The molecular formula is C20H16F3N7O2. The zero-order valence-corrected chi connectivity index (χ0v) is 16.3. The minimum atomic E-state index is -4.71. The van der Waals surface area contributed by atoms with Gasteiger partial charge in [-0.05, 0) is 30.3 Å². The van der Waals surface area contributed by atoms with Gasteiger partial charge < -0.3 is 5.32 Å². The number of benzene rings is 1. The van der Waals surface area contributed by atoms with E-state index in [1.54, 1.807) is 12.1 Å². The highest BCUT2D eigenvalue weighted by Gasteiger charge is 2.34. The third-order valence-corrected chi connectivity index (χ3v) is 4.54. The first-order valence-corrected chi connectivity index (χ1v) is 9.40. The van der Waals surface area contributed by atoms with Gasteiger partial charge in [-0.2, -0.15) is 13.2 Å². The number of alkyl halides is 3. The number of carbonyl (C=O) groups is 2. The first-order chi connectivity index (χ1) is 15.3. The predicted octanol–water partition coefficient (Wildman–Crippen LogP) is 2.84. The average Bonchev–Trinajstić information content (AvgIpc) is 3.23. The summed E-state index contributed by atoms with van der Waals surface area (Å²) < 4.78 is 39.9. The van der Waals surface area contributed by atoms with Gasteiger partial charge in [0.2, 0.25) is 0 Å². The van der Waals surface area contributed by atoms with Gasteiger partial charge in [-0.1, -0.05) is 6.07 Å². The Morgan fingerprint density at radius 2 is 1.88 bits per heavy atom. The van der Waals surface area contributed by atoms with Crippen LogP contribution in [0, 0.1) is 0 Å². The van der Waals surface area contributed by atoms with Crippen molar-refractivity contribution >= 4 is 23.4 Å². The standard InChI is InChI=1S/C20H16F3N7O2/c21-20(22,23)15-11-16(27-17(26-15)12-4-6-24-7-5-12)28-29-18(31)13-2-1-3-14(10-13)30-9-8-25-19(30)32/h1-7,10-11H,8-9H2,(H,25,32)(H,29,31)(H,26,27,28). The van der Waals surface area contributed by atoms with E-state index in [1.807, 2.05) is 0 Å². The van der Waals surface area contributed by atoms with Crippen LogP contribution in [-0.4, -0.2) is 40.0 Å². The Morgan fingerprint density at radius 1 is 1.09 bits per heavy atom. The summed E-state index contributed by atoms with van der Waals surface area (Å²) in [6.07, 6.45) is -1.90. The van der Waals surface area contributed by atoms with Crippen molar-refractivity contribution in [2.24, 2.45) is 0 Å². The molecular weight excluding hydrogens is 427 g/mol. The molecule has 3 heterocycles. The number of aromatic nitrogens is 3.